The molecule has 0 atom stereocenters. The van der Waals surface area contributed by atoms with Crippen molar-refractivity contribution in [3.05, 3.63) is 0 Å². The molecule has 0 aliphatic carbocycles. The van der Waals surface area contributed by atoms with Crippen LogP contribution in [0.25, 0.3) is 0 Å². The maximum atomic E-state index is 11.3. The highest BCUT2D eigenvalue weighted by Crippen LogP contribution is 2.20. The van der Waals surface area contributed by atoms with E-state index in [4.69, 9.17) is 0 Å². The Morgan fingerprint density at radius 3 is 1.73 bits per heavy atom. The third kappa shape index (κ3) is 17.7. The molecule has 0 aliphatic heterocycles. The molecule has 68 valence electrons. The van der Waals surface area contributed by atoms with Crippen molar-refractivity contribution in [2.24, 2.45) is 0 Å². The molecule has 0 saturated heterocycles. The van der Waals surface area contributed by atoms with E-state index in [-0.39, 0.29) is 0 Å². The predicted octanol–water partition coefficient (Wildman–Crippen LogP) is 2.94. The molecule has 0 aromatic rings. The summed E-state index contributed by atoms with van der Waals surface area (Å²) < 4.78 is 33.8. The van der Waals surface area contributed by atoms with Crippen molar-refractivity contribution >= 4 is 5.78 Å². The fourth-order valence-electron chi connectivity index (χ4n) is 0.318. The molecule has 0 N–H and O–H groups in total. The first-order valence-corrected chi connectivity index (χ1v) is 3.48. The van der Waals surface area contributed by atoms with Gasteiger partial charge in [0.2, 0.25) is 0 Å². The number of alkyl halides is 3. The molecule has 0 fully saturated rings. The molecule has 0 radical (unpaired) electrons. The summed E-state index contributed by atoms with van der Waals surface area (Å²) in [5, 5.41) is 0. The van der Waals surface area contributed by atoms with Crippen LogP contribution < -0.4 is 0 Å². The van der Waals surface area contributed by atoms with Gasteiger partial charge in [0.05, 0.1) is 6.42 Å². The van der Waals surface area contributed by atoms with Crippen molar-refractivity contribution in [3.63, 3.8) is 0 Å². The summed E-state index contributed by atoms with van der Waals surface area (Å²) in [4.78, 5) is 9.99. The van der Waals surface area contributed by atoms with E-state index in [0.717, 1.165) is 6.92 Å². The van der Waals surface area contributed by atoms with Gasteiger partial charge in [0.15, 0.2) is 0 Å². The molecule has 11 heavy (non-hydrogen) atoms. The molecule has 0 bridgehead atoms. The van der Waals surface area contributed by atoms with Crippen LogP contribution in [0.4, 0.5) is 13.2 Å². The van der Waals surface area contributed by atoms with Crippen LogP contribution in [0, 0.1) is 0 Å². The summed E-state index contributed by atoms with van der Waals surface area (Å²) in [7, 11) is 0. The van der Waals surface area contributed by atoms with E-state index >= 15 is 0 Å². The number of ketones is 1. The van der Waals surface area contributed by atoms with Gasteiger partial charge in [0.25, 0.3) is 0 Å². The van der Waals surface area contributed by atoms with Gasteiger partial charge in [-0.2, -0.15) is 13.2 Å². The Morgan fingerprint density at radius 2 is 1.64 bits per heavy atom. The summed E-state index contributed by atoms with van der Waals surface area (Å²) in [5.41, 5.74) is 0. The van der Waals surface area contributed by atoms with Crippen molar-refractivity contribution < 1.29 is 18.0 Å². The fraction of sp³-hybridized carbons (Fsp3) is 0.857. The minimum absolute atomic E-state index is 0.399. The fourth-order valence-corrected chi connectivity index (χ4v) is 0.318. The van der Waals surface area contributed by atoms with Gasteiger partial charge in [-0.15, -0.1) is 0 Å². The van der Waals surface area contributed by atoms with E-state index in [0.29, 0.717) is 0 Å². The van der Waals surface area contributed by atoms with Gasteiger partial charge in [0.1, 0.15) is 5.78 Å². The molecule has 0 rings (SSSR count). The molecule has 0 aromatic carbocycles. The maximum absolute atomic E-state index is 11.3. The van der Waals surface area contributed by atoms with Crippen LogP contribution in [0.15, 0.2) is 0 Å². The summed E-state index contributed by atoms with van der Waals surface area (Å²) in [6, 6.07) is 0. The predicted molar refractivity (Wildman–Crippen MR) is 37.3 cm³/mol. The Kier molecular flexibility index (Phi) is 7.36. The van der Waals surface area contributed by atoms with Crippen LogP contribution in [0.2, 0.25) is 0 Å². The molecular weight excluding hydrogens is 157 g/mol. The highest BCUT2D eigenvalue weighted by atomic mass is 19.4. The number of carbonyl (C=O) groups excluding carboxylic acids is 1. The second-order valence-electron chi connectivity index (χ2n) is 1.82. The van der Waals surface area contributed by atoms with Crippen LogP contribution in [0.1, 0.15) is 33.6 Å². The van der Waals surface area contributed by atoms with Crippen molar-refractivity contribution in [1.82, 2.24) is 0 Å². The highest BCUT2D eigenvalue weighted by molar-refractivity contribution is 5.75. The zero-order valence-electron chi connectivity index (χ0n) is 6.96. The van der Waals surface area contributed by atoms with Crippen molar-refractivity contribution in [3.8, 4) is 0 Å². The molecule has 0 saturated carbocycles. The number of rotatable bonds is 2. The van der Waals surface area contributed by atoms with E-state index in [1.807, 2.05) is 13.8 Å². The smallest absolute Gasteiger partial charge is 0.300 e. The zero-order valence-corrected chi connectivity index (χ0v) is 6.96. The first-order chi connectivity index (χ1) is 4.92. The SMILES string of the molecule is CC.CC(=O)CCC(F)(F)F. The topological polar surface area (TPSA) is 17.1 Å². The van der Waals surface area contributed by atoms with Crippen molar-refractivity contribution in [2.75, 3.05) is 0 Å². The van der Waals surface area contributed by atoms with E-state index in [9.17, 15) is 18.0 Å². The lowest BCUT2D eigenvalue weighted by atomic mass is 10.2. The van der Waals surface area contributed by atoms with Crippen molar-refractivity contribution in [2.45, 2.75) is 39.8 Å². The largest absolute Gasteiger partial charge is 0.389 e. The van der Waals surface area contributed by atoms with Gasteiger partial charge in [-0.25, -0.2) is 0 Å². The van der Waals surface area contributed by atoms with E-state index in [1.54, 1.807) is 0 Å². The first-order valence-electron chi connectivity index (χ1n) is 3.48. The van der Waals surface area contributed by atoms with Gasteiger partial charge < -0.3 is 4.79 Å². The monoisotopic (exact) mass is 170 g/mol. The van der Waals surface area contributed by atoms with Crippen LogP contribution >= 0.6 is 0 Å². The highest BCUT2D eigenvalue weighted by Gasteiger charge is 2.26. The maximum Gasteiger partial charge on any atom is 0.389 e. The van der Waals surface area contributed by atoms with Crippen LogP contribution in [0.5, 0.6) is 0 Å². The third-order valence-corrected chi connectivity index (χ3v) is 0.761. The third-order valence-electron chi connectivity index (χ3n) is 0.761. The molecule has 0 amide bonds. The first kappa shape index (κ1) is 13.1. The van der Waals surface area contributed by atoms with E-state index in [1.165, 1.54) is 0 Å². The molecule has 4 heteroatoms. The number of hydrogen-bond donors (Lipinski definition) is 0. The van der Waals surface area contributed by atoms with Gasteiger partial charge in [-0.1, -0.05) is 13.8 Å². The summed E-state index contributed by atoms with van der Waals surface area (Å²) in [6.45, 7) is 5.14. The van der Waals surface area contributed by atoms with Crippen LogP contribution in [-0.2, 0) is 4.79 Å². The van der Waals surface area contributed by atoms with E-state index in [2.05, 4.69) is 0 Å². The molecule has 0 unspecified atom stereocenters. The molecule has 0 heterocycles. The minimum atomic E-state index is -4.19. The Labute approximate surface area is 64.6 Å². The van der Waals surface area contributed by atoms with Gasteiger partial charge >= 0.3 is 6.18 Å². The van der Waals surface area contributed by atoms with Gasteiger partial charge in [0, 0.05) is 6.42 Å². The Bertz CT molecular complexity index is 107. The van der Waals surface area contributed by atoms with E-state index < -0.39 is 24.8 Å². The lowest BCUT2D eigenvalue weighted by Crippen LogP contribution is -2.08. The minimum Gasteiger partial charge on any atom is -0.300 e. The lowest BCUT2D eigenvalue weighted by Gasteiger charge is -2.01. The van der Waals surface area contributed by atoms with Gasteiger partial charge in [-0.3, -0.25) is 0 Å². The zero-order chi connectivity index (χ0) is 9.49. The Morgan fingerprint density at radius 1 is 1.27 bits per heavy atom. The Hall–Kier alpha value is -0.540. The average Bonchev–Trinajstić information content (AvgIpc) is 1.87. The number of Topliss-reactive ketones (excluding diaryl/α,β-unsaturated/α-hetero) is 1. The van der Waals surface area contributed by atoms with Crippen molar-refractivity contribution in [1.29, 1.82) is 0 Å². The molecule has 1 nitrogen and oxygen atoms in total. The second-order valence-corrected chi connectivity index (χ2v) is 1.82. The summed E-state index contributed by atoms with van der Waals surface area (Å²) >= 11 is 0. The lowest BCUT2D eigenvalue weighted by molar-refractivity contribution is -0.142. The van der Waals surface area contributed by atoms with Crippen LogP contribution in [-0.4, -0.2) is 12.0 Å². The molecular formula is C7H13F3O. The normalized spacial score (nSPS) is 10.0. The van der Waals surface area contributed by atoms with Crippen LogP contribution in [0.3, 0.4) is 0 Å². The van der Waals surface area contributed by atoms with Gasteiger partial charge in [-0.05, 0) is 6.92 Å². The quantitative estimate of drug-likeness (QED) is 0.622. The summed E-state index contributed by atoms with van der Waals surface area (Å²) in [5.74, 6) is -0.424. The summed E-state index contributed by atoms with van der Waals surface area (Å²) in [6.07, 6.45) is -5.59. The average molecular weight is 170 g/mol. The molecule has 0 spiro atoms. The molecule has 0 aliphatic rings. The standard InChI is InChI=1S/C5H7F3O.C2H6/c1-4(9)2-3-5(6,7)8;1-2/h2-3H2,1H3;1-2H3. The number of halogens is 3. The molecule has 0 aromatic heterocycles. The Balaban J connectivity index is 0. The number of hydrogen-bond acceptors (Lipinski definition) is 1. The second kappa shape index (κ2) is 6.19. The number of carbonyl (C=O) groups is 1.